The molecule has 17 heavy (non-hydrogen) atoms. The van der Waals surface area contributed by atoms with E-state index in [1.165, 1.54) is 18.7 Å². The van der Waals surface area contributed by atoms with E-state index in [2.05, 4.69) is 18.4 Å². The van der Waals surface area contributed by atoms with E-state index in [0.29, 0.717) is 0 Å². The maximum Gasteiger partial charge on any atom is 0.109 e. The minimum Gasteiger partial charge on any atom is -0.327 e. The van der Waals surface area contributed by atoms with Gasteiger partial charge in [0.2, 0.25) is 0 Å². The molecule has 2 rings (SSSR count). The maximum absolute atomic E-state index is 6.29. The van der Waals surface area contributed by atoms with Gasteiger partial charge in [-0.05, 0) is 25.0 Å². The van der Waals surface area contributed by atoms with E-state index in [1.807, 2.05) is 18.2 Å². The Labute approximate surface area is 108 Å². The summed E-state index contributed by atoms with van der Waals surface area (Å²) in [4.78, 5) is 4.69. The van der Waals surface area contributed by atoms with Crippen LogP contribution in [0.1, 0.15) is 38.9 Å². The average Bonchev–Trinajstić information content (AvgIpc) is 2.66. The Balaban J connectivity index is 2.52. The zero-order chi connectivity index (χ0) is 12.3. The second-order valence-corrected chi connectivity index (χ2v) is 4.80. The van der Waals surface area contributed by atoms with Crippen LogP contribution in [0.4, 0.5) is 0 Å². The Hall–Kier alpha value is -1.02. The van der Waals surface area contributed by atoms with E-state index >= 15 is 0 Å². The van der Waals surface area contributed by atoms with E-state index in [0.717, 1.165) is 35.4 Å². The van der Waals surface area contributed by atoms with Crippen molar-refractivity contribution < 1.29 is 0 Å². The van der Waals surface area contributed by atoms with Crippen LogP contribution in [0.15, 0.2) is 18.2 Å². The van der Waals surface area contributed by atoms with Crippen LogP contribution in [0.2, 0.25) is 5.02 Å². The molecule has 0 atom stereocenters. The number of imidazole rings is 1. The van der Waals surface area contributed by atoms with Gasteiger partial charge in [-0.1, -0.05) is 37.9 Å². The monoisotopic (exact) mass is 250 g/mol. The quantitative estimate of drug-likeness (QED) is 0.767. The number of nitrogens with zero attached hydrogens (tertiary/aromatic N) is 2. The van der Waals surface area contributed by atoms with Gasteiger partial charge < -0.3 is 4.57 Å². The van der Waals surface area contributed by atoms with Crippen LogP contribution in [0, 0.1) is 0 Å². The summed E-state index contributed by atoms with van der Waals surface area (Å²) >= 11 is 6.29. The van der Waals surface area contributed by atoms with E-state index in [4.69, 9.17) is 16.6 Å². The third-order valence-electron chi connectivity index (χ3n) is 3.01. The van der Waals surface area contributed by atoms with Crippen LogP contribution in [0.25, 0.3) is 11.0 Å². The zero-order valence-corrected chi connectivity index (χ0v) is 11.3. The highest BCUT2D eigenvalue weighted by Gasteiger charge is 2.11. The third-order valence-corrected chi connectivity index (χ3v) is 3.31. The van der Waals surface area contributed by atoms with Crippen LogP contribution in [0.5, 0.6) is 0 Å². The number of halogens is 1. The fraction of sp³-hybridized carbons (Fsp3) is 0.500. The maximum atomic E-state index is 6.29. The molecular weight excluding hydrogens is 232 g/mol. The van der Waals surface area contributed by atoms with E-state index in [1.54, 1.807) is 0 Å². The van der Waals surface area contributed by atoms with Gasteiger partial charge in [0, 0.05) is 13.0 Å². The molecule has 1 aromatic carbocycles. The molecular formula is C14H19ClN2. The summed E-state index contributed by atoms with van der Waals surface area (Å²) in [5.41, 5.74) is 2.13. The standard InChI is InChI=1S/C14H19ClN2/c1-3-5-10-17-13(7-4-2)16-12-9-6-8-11(15)14(12)17/h6,8-9H,3-5,7,10H2,1-2H3. The molecule has 0 saturated carbocycles. The molecule has 1 aromatic heterocycles. The second kappa shape index (κ2) is 5.54. The van der Waals surface area contributed by atoms with Crippen molar-refractivity contribution in [3.8, 4) is 0 Å². The highest BCUT2D eigenvalue weighted by Crippen LogP contribution is 2.25. The van der Waals surface area contributed by atoms with Crippen molar-refractivity contribution in [3.05, 3.63) is 29.0 Å². The lowest BCUT2D eigenvalue weighted by Gasteiger charge is -2.08. The van der Waals surface area contributed by atoms with Gasteiger partial charge in [-0.25, -0.2) is 4.98 Å². The summed E-state index contributed by atoms with van der Waals surface area (Å²) in [7, 11) is 0. The van der Waals surface area contributed by atoms with Crippen molar-refractivity contribution in [2.24, 2.45) is 0 Å². The zero-order valence-electron chi connectivity index (χ0n) is 10.5. The predicted octanol–water partition coefficient (Wildman–Crippen LogP) is 4.44. The summed E-state index contributed by atoms with van der Waals surface area (Å²) in [6.07, 6.45) is 4.50. The SMILES string of the molecule is CCCCn1c(CCC)nc2cccc(Cl)c21. The third kappa shape index (κ3) is 2.47. The molecule has 0 N–H and O–H groups in total. The summed E-state index contributed by atoms with van der Waals surface area (Å²) in [5, 5.41) is 0.813. The lowest BCUT2D eigenvalue weighted by Crippen LogP contribution is -2.04. The van der Waals surface area contributed by atoms with Crippen LogP contribution >= 0.6 is 11.6 Å². The van der Waals surface area contributed by atoms with Gasteiger partial charge >= 0.3 is 0 Å². The molecule has 92 valence electrons. The van der Waals surface area contributed by atoms with Crippen LogP contribution < -0.4 is 0 Å². The number of aromatic nitrogens is 2. The molecule has 0 spiro atoms. The number of hydrogen-bond acceptors (Lipinski definition) is 1. The van der Waals surface area contributed by atoms with E-state index in [-0.39, 0.29) is 0 Å². The Morgan fingerprint density at radius 1 is 1.24 bits per heavy atom. The normalized spacial score (nSPS) is 11.2. The fourth-order valence-corrected chi connectivity index (χ4v) is 2.43. The lowest BCUT2D eigenvalue weighted by atomic mass is 10.3. The summed E-state index contributed by atoms with van der Waals surface area (Å²) < 4.78 is 2.30. The first kappa shape index (κ1) is 12.4. The largest absolute Gasteiger partial charge is 0.327 e. The number of aryl methyl sites for hydroxylation is 2. The van der Waals surface area contributed by atoms with Gasteiger partial charge in [-0.2, -0.15) is 0 Å². The van der Waals surface area contributed by atoms with Gasteiger partial charge in [0.15, 0.2) is 0 Å². The van der Waals surface area contributed by atoms with Gasteiger partial charge in [0.1, 0.15) is 5.82 Å². The predicted molar refractivity (Wildman–Crippen MR) is 73.6 cm³/mol. The molecule has 3 heteroatoms. The Morgan fingerprint density at radius 2 is 2.06 bits per heavy atom. The van der Waals surface area contributed by atoms with Gasteiger partial charge in [-0.3, -0.25) is 0 Å². The summed E-state index contributed by atoms with van der Waals surface area (Å²) in [6, 6.07) is 5.96. The first-order valence-electron chi connectivity index (χ1n) is 6.41. The fourth-order valence-electron chi connectivity index (χ4n) is 2.16. The minimum absolute atomic E-state index is 0.813. The molecule has 0 bridgehead atoms. The molecule has 0 saturated heterocycles. The highest BCUT2D eigenvalue weighted by molar-refractivity contribution is 6.35. The van der Waals surface area contributed by atoms with Crippen molar-refractivity contribution in [3.63, 3.8) is 0 Å². The number of rotatable bonds is 5. The molecule has 0 amide bonds. The van der Waals surface area contributed by atoms with Crippen LogP contribution in [0.3, 0.4) is 0 Å². The van der Waals surface area contributed by atoms with E-state index < -0.39 is 0 Å². The second-order valence-electron chi connectivity index (χ2n) is 4.39. The molecule has 0 fully saturated rings. The number of para-hydroxylation sites is 1. The Kier molecular flexibility index (Phi) is 4.06. The topological polar surface area (TPSA) is 17.8 Å². The lowest BCUT2D eigenvalue weighted by molar-refractivity contribution is 0.611. The van der Waals surface area contributed by atoms with Crippen molar-refractivity contribution in [1.29, 1.82) is 0 Å². The Bertz CT molecular complexity index is 502. The number of fused-ring (bicyclic) bond motifs is 1. The Morgan fingerprint density at radius 3 is 2.76 bits per heavy atom. The van der Waals surface area contributed by atoms with Crippen molar-refractivity contribution in [2.75, 3.05) is 0 Å². The minimum atomic E-state index is 0.813. The molecule has 0 unspecified atom stereocenters. The average molecular weight is 251 g/mol. The van der Waals surface area contributed by atoms with Crippen molar-refractivity contribution >= 4 is 22.6 Å². The first-order chi connectivity index (χ1) is 8.27. The van der Waals surface area contributed by atoms with Crippen molar-refractivity contribution in [1.82, 2.24) is 9.55 Å². The molecule has 0 aliphatic carbocycles. The molecule has 2 nitrogen and oxygen atoms in total. The number of hydrogen-bond donors (Lipinski definition) is 0. The number of benzene rings is 1. The summed E-state index contributed by atoms with van der Waals surface area (Å²) in [6.45, 7) is 5.41. The van der Waals surface area contributed by atoms with Gasteiger partial charge in [0.25, 0.3) is 0 Å². The summed E-state index contributed by atoms with van der Waals surface area (Å²) in [5.74, 6) is 1.17. The molecule has 0 aliphatic heterocycles. The molecule has 0 aliphatic rings. The van der Waals surface area contributed by atoms with Crippen LogP contribution in [-0.2, 0) is 13.0 Å². The molecule has 0 radical (unpaired) electrons. The van der Waals surface area contributed by atoms with Gasteiger partial charge in [0.05, 0.1) is 16.1 Å². The molecule has 1 heterocycles. The van der Waals surface area contributed by atoms with Crippen molar-refractivity contribution in [2.45, 2.75) is 46.1 Å². The smallest absolute Gasteiger partial charge is 0.109 e. The van der Waals surface area contributed by atoms with E-state index in [9.17, 15) is 0 Å². The highest BCUT2D eigenvalue weighted by atomic mass is 35.5. The number of unbranched alkanes of at least 4 members (excludes halogenated alkanes) is 1. The first-order valence-corrected chi connectivity index (χ1v) is 6.79. The van der Waals surface area contributed by atoms with Crippen LogP contribution in [-0.4, -0.2) is 9.55 Å². The molecule has 2 aromatic rings. The van der Waals surface area contributed by atoms with Gasteiger partial charge in [-0.15, -0.1) is 0 Å².